The summed E-state index contributed by atoms with van der Waals surface area (Å²) in [6.07, 6.45) is 2.90. The molecule has 1 heterocycles. The second kappa shape index (κ2) is 9.73. The van der Waals surface area contributed by atoms with E-state index in [9.17, 15) is 0 Å². The van der Waals surface area contributed by atoms with Gasteiger partial charge in [0.2, 0.25) is 0 Å². The van der Waals surface area contributed by atoms with Gasteiger partial charge in [0.15, 0.2) is 0 Å². The Morgan fingerprint density at radius 1 is 1.33 bits per heavy atom. The molecule has 1 atom stereocenters. The average molecular weight is 257 g/mol. The molecule has 0 saturated carbocycles. The van der Waals surface area contributed by atoms with Crippen molar-refractivity contribution in [2.75, 3.05) is 59.5 Å². The first-order chi connectivity index (χ1) is 8.76. The van der Waals surface area contributed by atoms with Crippen LogP contribution in [0.25, 0.3) is 0 Å². The van der Waals surface area contributed by atoms with Crippen LogP contribution in [0.2, 0.25) is 0 Å². The van der Waals surface area contributed by atoms with Crippen LogP contribution in [0.5, 0.6) is 0 Å². The fraction of sp³-hybridized carbons (Fsp3) is 1.00. The molecule has 1 saturated heterocycles. The van der Waals surface area contributed by atoms with E-state index in [1.165, 1.54) is 32.5 Å². The lowest BCUT2D eigenvalue weighted by Crippen LogP contribution is -2.47. The van der Waals surface area contributed by atoms with Crippen LogP contribution in [0, 0.1) is 0 Å². The molecule has 0 aromatic rings. The number of hydrogen-bond acceptors (Lipinski definition) is 4. The average Bonchev–Trinajstić information content (AvgIpc) is 2.37. The molecule has 1 aliphatic heterocycles. The summed E-state index contributed by atoms with van der Waals surface area (Å²) in [6, 6.07) is 0. The first kappa shape index (κ1) is 15.9. The third-order valence-corrected chi connectivity index (χ3v) is 3.46. The highest BCUT2D eigenvalue weighted by Crippen LogP contribution is 2.05. The Morgan fingerprint density at radius 3 is 2.89 bits per heavy atom. The van der Waals surface area contributed by atoms with E-state index in [0.29, 0.717) is 6.10 Å². The molecule has 1 rings (SSSR count). The molecular weight excluding hydrogens is 226 g/mol. The second-order valence-corrected chi connectivity index (χ2v) is 5.26. The maximum Gasteiger partial charge on any atom is 0.0826 e. The Kier molecular flexibility index (Phi) is 8.59. The van der Waals surface area contributed by atoms with Crippen molar-refractivity contribution in [1.29, 1.82) is 0 Å². The first-order valence-electron chi connectivity index (χ1n) is 7.49. The van der Waals surface area contributed by atoms with Gasteiger partial charge in [-0.15, -0.1) is 0 Å². The SMILES string of the molecule is CCCN(C)CCCN1CCO[C@H](CNCC)C1. The van der Waals surface area contributed by atoms with Crippen LogP contribution in [0.15, 0.2) is 0 Å². The number of hydrogen-bond donors (Lipinski definition) is 1. The molecule has 108 valence electrons. The number of likely N-dealkylation sites (N-methyl/N-ethyl adjacent to an activating group) is 1. The van der Waals surface area contributed by atoms with Gasteiger partial charge in [-0.2, -0.15) is 0 Å². The Labute approximate surface area is 113 Å². The van der Waals surface area contributed by atoms with Crippen molar-refractivity contribution >= 4 is 0 Å². The molecule has 0 amide bonds. The van der Waals surface area contributed by atoms with E-state index >= 15 is 0 Å². The minimum atomic E-state index is 0.382. The molecule has 1 fully saturated rings. The summed E-state index contributed by atoms with van der Waals surface area (Å²) in [6.45, 7) is 13.1. The van der Waals surface area contributed by atoms with E-state index in [1.54, 1.807) is 0 Å². The molecule has 4 heteroatoms. The maximum absolute atomic E-state index is 5.76. The number of nitrogens with zero attached hydrogens (tertiary/aromatic N) is 2. The number of morpholine rings is 1. The summed E-state index contributed by atoms with van der Waals surface area (Å²) in [7, 11) is 2.22. The van der Waals surface area contributed by atoms with Crippen LogP contribution < -0.4 is 5.32 Å². The molecule has 0 unspecified atom stereocenters. The summed E-state index contributed by atoms with van der Waals surface area (Å²) in [5, 5.41) is 3.37. The molecule has 4 nitrogen and oxygen atoms in total. The zero-order chi connectivity index (χ0) is 13.2. The lowest BCUT2D eigenvalue weighted by atomic mass is 10.2. The summed E-state index contributed by atoms with van der Waals surface area (Å²) in [4.78, 5) is 4.97. The van der Waals surface area contributed by atoms with Gasteiger partial charge in [0.25, 0.3) is 0 Å². The highest BCUT2D eigenvalue weighted by Gasteiger charge is 2.19. The fourth-order valence-corrected chi connectivity index (χ4v) is 2.47. The van der Waals surface area contributed by atoms with Crippen LogP contribution in [0.4, 0.5) is 0 Å². The van der Waals surface area contributed by atoms with E-state index in [-0.39, 0.29) is 0 Å². The second-order valence-electron chi connectivity index (χ2n) is 5.26. The van der Waals surface area contributed by atoms with Gasteiger partial charge in [-0.25, -0.2) is 0 Å². The molecule has 0 aromatic heterocycles. The Morgan fingerprint density at radius 2 is 2.17 bits per heavy atom. The minimum Gasteiger partial charge on any atom is -0.374 e. The lowest BCUT2D eigenvalue weighted by Gasteiger charge is -2.33. The zero-order valence-electron chi connectivity index (χ0n) is 12.5. The standard InChI is InChI=1S/C14H31N3O/c1-4-7-16(3)8-6-9-17-10-11-18-14(13-17)12-15-5-2/h14-15H,4-13H2,1-3H3/t14-/m1/s1. The highest BCUT2D eigenvalue weighted by molar-refractivity contribution is 4.73. The maximum atomic E-state index is 5.76. The van der Waals surface area contributed by atoms with Crippen molar-refractivity contribution in [2.24, 2.45) is 0 Å². The Bertz CT molecular complexity index is 201. The van der Waals surface area contributed by atoms with Gasteiger partial charge in [0.05, 0.1) is 12.7 Å². The molecule has 0 spiro atoms. The van der Waals surface area contributed by atoms with Crippen LogP contribution in [0.3, 0.4) is 0 Å². The fourth-order valence-electron chi connectivity index (χ4n) is 2.47. The molecule has 0 bridgehead atoms. The largest absolute Gasteiger partial charge is 0.374 e. The van der Waals surface area contributed by atoms with Crippen LogP contribution >= 0.6 is 0 Å². The van der Waals surface area contributed by atoms with Gasteiger partial charge in [-0.1, -0.05) is 13.8 Å². The number of ether oxygens (including phenoxy) is 1. The van der Waals surface area contributed by atoms with Crippen molar-refractivity contribution in [3.63, 3.8) is 0 Å². The Balaban J connectivity index is 2.10. The monoisotopic (exact) mass is 257 g/mol. The van der Waals surface area contributed by atoms with Gasteiger partial charge in [-0.3, -0.25) is 4.90 Å². The van der Waals surface area contributed by atoms with Crippen molar-refractivity contribution in [2.45, 2.75) is 32.8 Å². The van der Waals surface area contributed by atoms with Gasteiger partial charge in [0, 0.05) is 19.6 Å². The summed E-state index contributed by atoms with van der Waals surface area (Å²) < 4.78 is 5.76. The predicted octanol–water partition coefficient (Wildman–Crippen LogP) is 1.03. The molecule has 18 heavy (non-hydrogen) atoms. The van der Waals surface area contributed by atoms with Gasteiger partial charge in [0.1, 0.15) is 0 Å². The molecular formula is C14H31N3O. The topological polar surface area (TPSA) is 27.7 Å². The van der Waals surface area contributed by atoms with Gasteiger partial charge >= 0.3 is 0 Å². The third-order valence-electron chi connectivity index (χ3n) is 3.46. The Hall–Kier alpha value is -0.160. The van der Waals surface area contributed by atoms with E-state index in [0.717, 1.165) is 32.8 Å². The van der Waals surface area contributed by atoms with Gasteiger partial charge in [-0.05, 0) is 46.1 Å². The van der Waals surface area contributed by atoms with E-state index < -0.39 is 0 Å². The van der Waals surface area contributed by atoms with Crippen molar-refractivity contribution in [3.05, 3.63) is 0 Å². The predicted molar refractivity (Wildman–Crippen MR) is 77.1 cm³/mol. The van der Waals surface area contributed by atoms with Crippen LogP contribution in [-0.2, 0) is 4.74 Å². The number of nitrogens with one attached hydrogen (secondary N) is 1. The minimum absolute atomic E-state index is 0.382. The summed E-state index contributed by atoms with van der Waals surface area (Å²) >= 11 is 0. The molecule has 1 N–H and O–H groups in total. The summed E-state index contributed by atoms with van der Waals surface area (Å²) in [5.41, 5.74) is 0. The third kappa shape index (κ3) is 6.69. The lowest BCUT2D eigenvalue weighted by molar-refractivity contribution is -0.0275. The van der Waals surface area contributed by atoms with Crippen molar-refractivity contribution in [3.8, 4) is 0 Å². The number of rotatable bonds is 9. The quantitative estimate of drug-likeness (QED) is 0.668. The normalized spacial score (nSPS) is 21.7. The van der Waals surface area contributed by atoms with E-state index in [1.807, 2.05) is 0 Å². The van der Waals surface area contributed by atoms with Gasteiger partial charge < -0.3 is 15.0 Å². The molecule has 0 aliphatic carbocycles. The molecule has 0 aromatic carbocycles. The molecule has 0 radical (unpaired) electrons. The van der Waals surface area contributed by atoms with Crippen LogP contribution in [-0.4, -0.2) is 75.4 Å². The van der Waals surface area contributed by atoms with Crippen LogP contribution in [0.1, 0.15) is 26.7 Å². The summed E-state index contributed by atoms with van der Waals surface area (Å²) in [5.74, 6) is 0. The molecule has 1 aliphatic rings. The zero-order valence-corrected chi connectivity index (χ0v) is 12.5. The first-order valence-corrected chi connectivity index (χ1v) is 7.49. The smallest absolute Gasteiger partial charge is 0.0826 e. The van der Waals surface area contributed by atoms with Crippen molar-refractivity contribution in [1.82, 2.24) is 15.1 Å². The van der Waals surface area contributed by atoms with E-state index in [4.69, 9.17) is 4.74 Å². The van der Waals surface area contributed by atoms with Crippen molar-refractivity contribution < 1.29 is 4.74 Å². The highest BCUT2D eigenvalue weighted by atomic mass is 16.5. The van der Waals surface area contributed by atoms with E-state index in [2.05, 4.69) is 36.0 Å².